The molecule has 2 atom stereocenters. The molecule has 2 N–H and O–H groups in total. The van der Waals surface area contributed by atoms with Gasteiger partial charge in [-0.3, -0.25) is 20.4 Å². The first-order chi connectivity index (χ1) is 21.5. The van der Waals surface area contributed by atoms with Crippen LogP contribution in [0.2, 0.25) is 18.1 Å². The predicted octanol–water partition coefficient (Wildman–Crippen LogP) is 7.25. The van der Waals surface area contributed by atoms with Crippen molar-refractivity contribution in [3.05, 3.63) is 103 Å². The van der Waals surface area contributed by atoms with Gasteiger partial charge in [-0.05, 0) is 47.7 Å². The van der Waals surface area contributed by atoms with E-state index in [1.165, 1.54) is 0 Å². The summed E-state index contributed by atoms with van der Waals surface area (Å²) in [7, 11) is -2.11. The summed E-state index contributed by atoms with van der Waals surface area (Å²) in [5, 5.41) is 4.99. The summed E-state index contributed by atoms with van der Waals surface area (Å²) in [6.45, 7) is 11.4. The number of amides is 3. The third kappa shape index (κ3) is 8.92. The number of carbonyl (C=O) groups excluding carboxylic acids is 3. The van der Waals surface area contributed by atoms with Gasteiger partial charge in [-0.1, -0.05) is 113 Å². The highest BCUT2D eigenvalue weighted by Crippen LogP contribution is 2.46. The van der Waals surface area contributed by atoms with E-state index in [1.807, 2.05) is 30.3 Å². The molecule has 1 aliphatic rings. The third-order valence-electron chi connectivity index (χ3n) is 8.28. The first-order valence-corrected chi connectivity index (χ1v) is 18.1. The molecule has 45 heavy (non-hydrogen) atoms. The Morgan fingerprint density at radius 2 is 1.33 bits per heavy atom. The zero-order valence-corrected chi connectivity index (χ0v) is 27.5. The molecule has 1 saturated heterocycles. The highest BCUT2D eigenvalue weighted by atomic mass is 28.3. The molecule has 0 spiro atoms. The second-order valence-electron chi connectivity index (χ2n) is 12.4. The minimum atomic E-state index is -2.11. The average molecular weight is 627 g/mol. The quantitative estimate of drug-likeness (QED) is 0.0855. The first kappa shape index (κ1) is 33.2. The largest absolute Gasteiger partial charge is 0.419 e. The number of para-hydroxylation sites is 2. The summed E-state index contributed by atoms with van der Waals surface area (Å²) >= 11 is 0. The Morgan fingerprint density at radius 1 is 0.844 bits per heavy atom. The molecule has 3 aromatic carbocycles. The minimum absolute atomic E-state index is 0.00567. The van der Waals surface area contributed by atoms with Crippen LogP contribution in [0.15, 0.2) is 102 Å². The van der Waals surface area contributed by atoms with Crippen LogP contribution in [0.25, 0.3) is 6.08 Å². The van der Waals surface area contributed by atoms with Crippen LogP contribution in [0, 0.1) is 5.92 Å². The van der Waals surface area contributed by atoms with E-state index in [4.69, 9.17) is 9.47 Å². The number of ether oxygens (including phenoxy) is 2. The number of β-lactam (4-membered cyclic amide) rings is 1. The number of benzene rings is 3. The highest BCUT2D eigenvalue weighted by molar-refractivity contribution is 6.80. The molecule has 1 fully saturated rings. The molecule has 0 bridgehead atoms. The molecule has 0 aliphatic carbocycles. The number of carbonyl (C=O) groups is 3. The molecule has 3 amide bonds. The Balaban J connectivity index is 1.44. The monoisotopic (exact) mass is 626 g/mol. The molecule has 3 aromatic rings. The van der Waals surface area contributed by atoms with Gasteiger partial charge < -0.3 is 14.0 Å². The van der Waals surface area contributed by atoms with Crippen molar-refractivity contribution in [2.45, 2.75) is 57.8 Å². The van der Waals surface area contributed by atoms with E-state index in [2.05, 4.69) is 66.2 Å². The Labute approximate surface area is 266 Å². The zero-order chi connectivity index (χ0) is 32.5. The van der Waals surface area contributed by atoms with Crippen LogP contribution in [0.4, 0.5) is 9.59 Å². The van der Waals surface area contributed by atoms with Crippen LogP contribution < -0.4 is 20.1 Å². The SMILES string of the molecule is CC(C)(C)[Si](C)(C)N1C(=O)[C@@H](CCCN=C(NC(=O)Oc2ccccc2)NC(=O)Oc2ccccc2)[C@@H]1C=Cc1ccccc1. The second kappa shape index (κ2) is 14.9. The van der Waals surface area contributed by atoms with Crippen molar-refractivity contribution in [3.8, 4) is 11.5 Å². The van der Waals surface area contributed by atoms with Gasteiger partial charge in [0.2, 0.25) is 11.9 Å². The van der Waals surface area contributed by atoms with E-state index in [0.29, 0.717) is 24.3 Å². The van der Waals surface area contributed by atoms with Crippen molar-refractivity contribution in [3.63, 3.8) is 0 Å². The fourth-order valence-corrected chi connectivity index (χ4v) is 7.37. The van der Waals surface area contributed by atoms with Crippen molar-refractivity contribution in [2.24, 2.45) is 10.9 Å². The number of aliphatic imine (C=N–C) groups is 1. The number of nitrogens with zero attached hydrogens (tertiary/aromatic N) is 2. The maximum absolute atomic E-state index is 13.6. The summed E-state index contributed by atoms with van der Waals surface area (Å²) in [5.74, 6) is 0.559. The van der Waals surface area contributed by atoms with Gasteiger partial charge >= 0.3 is 12.2 Å². The number of guanidine groups is 1. The zero-order valence-electron chi connectivity index (χ0n) is 26.5. The molecule has 1 aliphatic heterocycles. The van der Waals surface area contributed by atoms with Gasteiger partial charge in [-0.15, -0.1) is 0 Å². The Hall–Kier alpha value is -4.70. The number of hydrogen-bond acceptors (Lipinski definition) is 6. The van der Waals surface area contributed by atoms with Gasteiger partial charge in [0.15, 0.2) is 8.24 Å². The smallest absolute Gasteiger partial charge is 0.410 e. The van der Waals surface area contributed by atoms with Crippen molar-refractivity contribution in [1.82, 2.24) is 15.2 Å². The summed E-state index contributed by atoms with van der Waals surface area (Å²) in [4.78, 5) is 43.2. The lowest BCUT2D eigenvalue weighted by Crippen LogP contribution is -2.72. The minimum Gasteiger partial charge on any atom is -0.410 e. The fourth-order valence-electron chi connectivity index (χ4n) is 4.92. The number of nitrogens with one attached hydrogen (secondary N) is 2. The van der Waals surface area contributed by atoms with Gasteiger partial charge in [0.05, 0.1) is 12.0 Å². The molecule has 0 radical (unpaired) electrons. The lowest BCUT2D eigenvalue weighted by atomic mass is 9.85. The van der Waals surface area contributed by atoms with Crippen molar-refractivity contribution in [2.75, 3.05) is 6.54 Å². The normalized spacial score (nSPS) is 16.5. The lowest BCUT2D eigenvalue weighted by molar-refractivity contribution is -0.145. The van der Waals surface area contributed by atoms with Crippen LogP contribution in [-0.2, 0) is 4.79 Å². The molecule has 1 heterocycles. The van der Waals surface area contributed by atoms with E-state index in [1.54, 1.807) is 60.7 Å². The van der Waals surface area contributed by atoms with E-state index in [0.717, 1.165) is 5.56 Å². The topological polar surface area (TPSA) is 109 Å². The first-order valence-electron chi connectivity index (χ1n) is 15.1. The van der Waals surface area contributed by atoms with Crippen molar-refractivity contribution >= 4 is 38.4 Å². The summed E-state index contributed by atoms with van der Waals surface area (Å²) in [5.41, 5.74) is 1.09. The summed E-state index contributed by atoms with van der Waals surface area (Å²) < 4.78 is 12.7. The van der Waals surface area contributed by atoms with Crippen LogP contribution in [0.1, 0.15) is 39.2 Å². The molecule has 236 valence electrons. The molecular weight excluding hydrogens is 584 g/mol. The van der Waals surface area contributed by atoms with E-state index in [-0.39, 0.29) is 35.4 Å². The van der Waals surface area contributed by atoms with Crippen LogP contribution in [0.5, 0.6) is 11.5 Å². The summed E-state index contributed by atoms with van der Waals surface area (Å²) in [6, 6.07) is 27.2. The van der Waals surface area contributed by atoms with Crippen molar-refractivity contribution < 1.29 is 23.9 Å². The van der Waals surface area contributed by atoms with E-state index < -0.39 is 20.4 Å². The highest BCUT2D eigenvalue weighted by Gasteiger charge is 2.55. The lowest BCUT2D eigenvalue weighted by Gasteiger charge is -2.58. The fraction of sp³-hybridized carbons (Fsp3) is 0.314. The number of hydrogen-bond donors (Lipinski definition) is 2. The third-order valence-corrected chi connectivity index (χ3v) is 13.7. The molecule has 4 rings (SSSR count). The summed E-state index contributed by atoms with van der Waals surface area (Å²) in [6.07, 6.45) is 3.78. The van der Waals surface area contributed by atoms with Crippen molar-refractivity contribution in [1.29, 1.82) is 0 Å². The molecule has 0 aromatic heterocycles. The van der Waals surface area contributed by atoms with Gasteiger partial charge in [-0.2, -0.15) is 0 Å². The maximum atomic E-state index is 13.6. The van der Waals surface area contributed by atoms with Gasteiger partial charge in [0.25, 0.3) is 0 Å². The maximum Gasteiger partial charge on any atom is 0.419 e. The van der Waals surface area contributed by atoms with Crippen LogP contribution >= 0.6 is 0 Å². The molecule has 0 saturated carbocycles. The molecule has 9 nitrogen and oxygen atoms in total. The Morgan fingerprint density at radius 3 is 1.82 bits per heavy atom. The molecular formula is C35H42N4O5Si. The average Bonchev–Trinajstić information content (AvgIpc) is 2.99. The molecule has 0 unspecified atom stereocenters. The number of rotatable bonds is 9. The van der Waals surface area contributed by atoms with Crippen LogP contribution in [0.3, 0.4) is 0 Å². The Bertz CT molecular complexity index is 1450. The van der Waals surface area contributed by atoms with Gasteiger partial charge in [-0.25, -0.2) is 9.59 Å². The van der Waals surface area contributed by atoms with Crippen LogP contribution in [-0.4, -0.2) is 49.4 Å². The Kier molecular flexibility index (Phi) is 11.0. The second-order valence-corrected chi connectivity index (χ2v) is 17.5. The van der Waals surface area contributed by atoms with Gasteiger partial charge in [0.1, 0.15) is 11.5 Å². The molecule has 10 heteroatoms. The standard InChI is InChI=1S/C35H42N4O5Si/c1-35(2,3)45(4,5)39-30(24-23-26-16-9-6-10-17-26)29(31(39)40)22-15-25-36-32(37-33(41)43-27-18-11-7-12-19-27)38-34(42)44-28-20-13-8-14-21-28/h6-14,16-21,23-24,29-30H,15,22,25H2,1-5H3,(H2,36,37,38,41,42)/t29-,30-/m0/s1. The van der Waals surface area contributed by atoms with E-state index >= 15 is 0 Å². The van der Waals surface area contributed by atoms with Gasteiger partial charge in [0, 0.05) is 6.54 Å². The predicted molar refractivity (Wildman–Crippen MR) is 180 cm³/mol. The van der Waals surface area contributed by atoms with E-state index in [9.17, 15) is 14.4 Å².